The van der Waals surface area contributed by atoms with Crippen LogP contribution in [-0.4, -0.2) is 34.5 Å². The van der Waals surface area contributed by atoms with Crippen molar-refractivity contribution in [2.45, 2.75) is 19.6 Å². The Morgan fingerprint density at radius 1 is 1.11 bits per heavy atom. The molecule has 3 aromatic carbocycles. The Kier molecular flexibility index (Phi) is 7.28. The standard InChI is InChI=1S/C28H24ClFN4O4/c1-3-37-27(35)24-25(17-8-5-4-6-9-17)33-28-31-16-32-34(28)26(24)18-12-13-22(23(14-18)36-2)38-15-19-20(29)10-7-11-21(19)30/h4-14,16,26H,3,15H2,1-2H3,(H,31,32,33)/t26-/m1/s1. The molecule has 38 heavy (non-hydrogen) atoms. The number of carbonyl (C=O) groups excluding carboxylic acids is 1. The van der Waals surface area contributed by atoms with E-state index in [1.54, 1.807) is 35.9 Å². The molecule has 2 heterocycles. The average Bonchev–Trinajstić information content (AvgIpc) is 3.41. The monoisotopic (exact) mass is 534 g/mol. The van der Waals surface area contributed by atoms with Crippen LogP contribution in [0.2, 0.25) is 5.02 Å². The number of benzene rings is 3. The van der Waals surface area contributed by atoms with E-state index in [0.29, 0.717) is 34.3 Å². The summed E-state index contributed by atoms with van der Waals surface area (Å²) in [6.07, 6.45) is 1.42. The molecule has 1 N–H and O–H groups in total. The summed E-state index contributed by atoms with van der Waals surface area (Å²) in [6.45, 7) is 1.87. The van der Waals surface area contributed by atoms with Crippen LogP contribution in [0.25, 0.3) is 5.70 Å². The fraction of sp³-hybridized carbons (Fsp3) is 0.179. The molecule has 0 aliphatic carbocycles. The minimum absolute atomic E-state index is 0.0894. The smallest absolute Gasteiger partial charge is 0.338 e. The van der Waals surface area contributed by atoms with Gasteiger partial charge in [0.15, 0.2) is 11.5 Å². The predicted molar refractivity (Wildman–Crippen MR) is 141 cm³/mol. The highest BCUT2D eigenvalue weighted by Crippen LogP contribution is 2.41. The van der Waals surface area contributed by atoms with Gasteiger partial charge in [-0.25, -0.2) is 13.9 Å². The number of nitrogens with one attached hydrogen (secondary N) is 1. The van der Waals surface area contributed by atoms with Crippen LogP contribution in [0, 0.1) is 5.82 Å². The van der Waals surface area contributed by atoms with Gasteiger partial charge in [-0.2, -0.15) is 10.1 Å². The Balaban J connectivity index is 1.58. The molecule has 0 saturated carbocycles. The minimum atomic E-state index is -0.674. The number of hydrogen-bond donors (Lipinski definition) is 1. The van der Waals surface area contributed by atoms with E-state index >= 15 is 0 Å². The summed E-state index contributed by atoms with van der Waals surface area (Å²) >= 11 is 6.15. The highest BCUT2D eigenvalue weighted by atomic mass is 35.5. The molecular weight excluding hydrogens is 511 g/mol. The van der Waals surface area contributed by atoms with Crippen molar-refractivity contribution < 1.29 is 23.4 Å². The van der Waals surface area contributed by atoms with Crippen LogP contribution in [0.1, 0.15) is 29.7 Å². The summed E-state index contributed by atoms with van der Waals surface area (Å²) in [6, 6.07) is 18.5. The lowest BCUT2D eigenvalue weighted by atomic mass is 9.92. The number of rotatable bonds is 8. The molecule has 4 aromatic rings. The Bertz CT molecular complexity index is 1490. The number of esters is 1. The number of aromatic nitrogens is 3. The molecular formula is C28H24ClFN4O4. The van der Waals surface area contributed by atoms with Gasteiger partial charge in [-0.05, 0) is 42.3 Å². The van der Waals surface area contributed by atoms with Gasteiger partial charge in [-0.15, -0.1) is 0 Å². The lowest BCUT2D eigenvalue weighted by Gasteiger charge is -2.30. The average molecular weight is 535 g/mol. The second-order valence-electron chi connectivity index (χ2n) is 8.33. The largest absolute Gasteiger partial charge is 0.493 e. The molecule has 5 rings (SSSR count). The van der Waals surface area contributed by atoms with Crippen LogP contribution < -0.4 is 14.8 Å². The van der Waals surface area contributed by atoms with Crippen LogP contribution >= 0.6 is 11.6 Å². The van der Waals surface area contributed by atoms with E-state index in [4.69, 9.17) is 25.8 Å². The highest BCUT2D eigenvalue weighted by Gasteiger charge is 2.36. The van der Waals surface area contributed by atoms with Crippen LogP contribution in [0.5, 0.6) is 11.5 Å². The fourth-order valence-electron chi connectivity index (χ4n) is 4.32. The third-order valence-electron chi connectivity index (χ3n) is 6.09. The van der Waals surface area contributed by atoms with Crippen LogP contribution in [0.15, 0.2) is 78.6 Å². The zero-order chi connectivity index (χ0) is 26.6. The maximum absolute atomic E-state index is 14.2. The number of fused-ring (bicyclic) bond motifs is 1. The Hall–Kier alpha value is -4.37. The molecule has 0 amide bonds. The Morgan fingerprint density at radius 3 is 2.66 bits per heavy atom. The van der Waals surface area contributed by atoms with Gasteiger partial charge < -0.3 is 19.5 Å². The van der Waals surface area contributed by atoms with E-state index < -0.39 is 17.8 Å². The summed E-state index contributed by atoms with van der Waals surface area (Å²) in [5.41, 5.74) is 2.66. The number of methoxy groups -OCH3 is 1. The third-order valence-corrected chi connectivity index (χ3v) is 6.45. The van der Waals surface area contributed by atoms with Gasteiger partial charge in [-0.1, -0.05) is 54.1 Å². The first-order valence-electron chi connectivity index (χ1n) is 11.9. The van der Waals surface area contributed by atoms with Crippen LogP contribution in [0.4, 0.5) is 10.3 Å². The first kappa shape index (κ1) is 25.3. The number of nitrogens with zero attached hydrogens (tertiary/aromatic N) is 3. The van der Waals surface area contributed by atoms with Gasteiger partial charge in [0, 0.05) is 5.56 Å². The first-order chi connectivity index (χ1) is 18.5. The molecule has 1 atom stereocenters. The Labute approximate surface area is 223 Å². The molecule has 1 aromatic heterocycles. The molecule has 0 radical (unpaired) electrons. The van der Waals surface area contributed by atoms with E-state index in [9.17, 15) is 9.18 Å². The summed E-state index contributed by atoms with van der Waals surface area (Å²) < 4.78 is 32.8. The normalized spacial score (nSPS) is 14.5. The molecule has 0 unspecified atom stereocenters. The topological polar surface area (TPSA) is 87.5 Å². The quantitative estimate of drug-likeness (QED) is 0.292. The van der Waals surface area contributed by atoms with Gasteiger partial charge >= 0.3 is 5.97 Å². The molecule has 1 aliphatic heterocycles. The third kappa shape index (κ3) is 4.80. The number of hydrogen-bond acceptors (Lipinski definition) is 7. The van der Waals surface area contributed by atoms with Crippen molar-refractivity contribution in [2.75, 3.05) is 19.0 Å². The van der Waals surface area contributed by atoms with Crippen molar-refractivity contribution in [1.29, 1.82) is 0 Å². The molecule has 0 bridgehead atoms. The molecule has 10 heteroatoms. The van der Waals surface area contributed by atoms with Crippen molar-refractivity contribution in [3.63, 3.8) is 0 Å². The zero-order valence-corrected chi connectivity index (χ0v) is 21.4. The van der Waals surface area contributed by atoms with E-state index in [1.807, 2.05) is 30.3 Å². The molecule has 194 valence electrons. The molecule has 0 spiro atoms. The van der Waals surface area contributed by atoms with Crippen molar-refractivity contribution >= 4 is 29.2 Å². The van der Waals surface area contributed by atoms with Crippen molar-refractivity contribution in [3.05, 3.63) is 106 Å². The maximum atomic E-state index is 14.2. The Morgan fingerprint density at radius 2 is 1.92 bits per heavy atom. The maximum Gasteiger partial charge on any atom is 0.338 e. The molecule has 0 saturated heterocycles. The van der Waals surface area contributed by atoms with E-state index in [-0.39, 0.29) is 23.8 Å². The highest BCUT2D eigenvalue weighted by molar-refractivity contribution is 6.31. The van der Waals surface area contributed by atoms with Crippen molar-refractivity contribution in [2.24, 2.45) is 0 Å². The van der Waals surface area contributed by atoms with Gasteiger partial charge in [0.2, 0.25) is 5.95 Å². The number of halogens is 2. The van der Waals surface area contributed by atoms with E-state index in [0.717, 1.165) is 5.56 Å². The molecule has 0 fully saturated rings. The number of carbonyl (C=O) groups is 1. The SMILES string of the molecule is CCOC(=O)C1=C(c2ccccc2)Nc2ncnn2[C@@H]1c1ccc(OCc2c(F)cccc2Cl)c(OC)c1. The number of anilines is 1. The predicted octanol–water partition coefficient (Wildman–Crippen LogP) is 5.65. The summed E-state index contributed by atoms with van der Waals surface area (Å²) in [7, 11) is 1.50. The van der Waals surface area contributed by atoms with Gasteiger partial charge in [0.05, 0.1) is 30.0 Å². The van der Waals surface area contributed by atoms with E-state index in [2.05, 4.69) is 15.4 Å². The molecule has 8 nitrogen and oxygen atoms in total. The lowest BCUT2D eigenvalue weighted by Crippen LogP contribution is -2.30. The van der Waals surface area contributed by atoms with E-state index in [1.165, 1.54) is 25.6 Å². The van der Waals surface area contributed by atoms with Crippen LogP contribution in [0.3, 0.4) is 0 Å². The van der Waals surface area contributed by atoms with Gasteiger partial charge in [-0.3, -0.25) is 0 Å². The lowest BCUT2D eigenvalue weighted by molar-refractivity contribution is -0.138. The second kappa shape index (κ2) is 10.9. The summed E-state index contributed by atoms with van der Waals surface area (Å²) in [5, 5.41) is 7.89. The van der Waals surface area contributed by atoms with Crippen molar-refractivity contribution in [3.8, 4) is 11.5 Å². The number of ether oxygens (including phenoxy) is 3. The van der Waals surface area contributed by atoms with Crippen molar-refractivity contribution in [1.82, 2.24) is 14.8 Å². The summed E-state index contributed by atoms with van der Waals surface area (Å²) in [5.74, 6) is 0.293. The minimum Gasteiger partial charge on any atom is -0.493 e. The van der Waals surface area contributed by atoms with Crippen LogP contribution in [-0.2, 0) is 16.1 Å². The second-order valence-corrected chi connectivity index (χ2v) is 8.74. The van der Waals surface area contributed by atoms with Gasteiger partial charge in [0.1, 0.15) is 24.8 Å². The molecule has 1 aliphatic rings. The summed E-state index contributed by atoms with van der Waals surface area (Å²) in [4.78, 5) is 17.7. The zero-order valence-electron chi connectivity index (χ0n) is 20.7. The first-order valence-corrected chi connectivity index (χ1v) is 12.3. The van der Waals surface area contributed by atoms with Gasteiger partial charge in [0.25, 0.3) is 0 Å². The fourth-order valence-corrected chi connectivity index (χ4v) is 4.54.